The predicted octanol–water partition coefficient (Wildman–Crippen LogP) is 1.32. The lowest BCUT2D eigenvalue weighted by Gasteiger charge is -2.28. The van der Waals surface area contributed by atoms with Crippen LogP contribution in [0, 0.1) is 0 Å². The number of halogens is 4. The summed E-state index contributed by atoms with van der Waals surface area (Å²) in [6.07, 6.45) is 0.938. The second kappa shape index (κ2) is 8.05. The molecule has 3 atom stereocenters. The molecule has 1 aromatic heterocycles. The highest BCUT2D eigenvalue weighted by Crippen LogP contribution is 2.32. The maximum atomic E-state index is 13.6. The van der Waals surface area contributed by atoms with Gasteiger partial charge in [0.15, 0.2) is 12.4 Å². The van der Waals surface area contributed by atoms with Crippen LogP contribution in [0.3, 0.4) is 0 Å². The number of hydrogen-bond donors (Lipinski definition) is 2. The standard InChI is InChI=1S/C20H19F4N5O2/c21-12-7-10-28(11-12)19(31)17-26-15(14-6-2-4-9-29(14)17)18(30)27-16(20(22,23)24)13-5-1-3-8-25-13/h1-6,8-9,12,16-17,26H,7,10-11H2,(H,27,30)/p+1/t12-,16?,17?/m0/s1. The number of aromatic amines is 1. The first-order valence-electron chi connectivity index (χ1n) is 9.67. The average Bonchev–Trinajstić information content (AvgIpc) is 3.35. The number of carbonyl (C=O) groups excluding carboxylic acids is 2. The van der Waals surface area contributed by atoms with E-state index >= 15 is 0 Å². The van der Waals surface area contributed by atoms with Crippen molar-refractivity contribution in [1.29, 1.82) is 0 Å². The van der Waals surface area contributed by atoms with Crippen LogP contribution < -0.4 is 15.6 Å². The molecule has 4 rings (SSSR count). The van der Waals surface area contributed by atoms with E-state index < -0.39 is 36.4 Å². The number of allylic oxidation sites excluding steroid dienone is 3. The molecule has 2 amide bonds. The molecule has 0 aromatic carbocycles. The van der Waals surface area contributed by atoms with Gasteiger partial charge >= 0.3 is 6.18 Å². The lowest BCUT2D eigenvalue weighted by atomic mass is 10.1. The third-order valence-electron chi connectivity index (χ3n) is 5.26. The van der Waals surface area contributed by atoms with Crippen LogP contribution in [0.5, 0.6) is 0 Å². The van der Waals surface area contributed by atoms with Crippen LogP contribution >= 0.6 is 0 Å². The fourth-order valence-electron chi connectivity index (χ4n) is 3.75. The lowest BCUT2D eigenvalue weighted by Crippen LogP contribution is -2.50. The van der Waals surface area contributed by atoms with E-state index in [2.05, 4.69) is 10.3 Å². The van der Waals surface area contributed by atoms with Crippen molar-refractivity contribution in [2.75, 3.05) is 13.1 Å². The second-order valence-electron chi connectivity index (χ2n) is 7.35. The van der Waals surface area contributed by atoms with E-state index in [4.69, 9.17) is 0 Å². The van der Waals surface area contributed by atoms with Gasteiger partial charge < -0.3 is 20.4 Å². The van der Waals surface area contributed by atoms with Crippen molar-refractivity contribution >= 4 is 11.8 Å². The van der Waals surface area contributed by atoms with Gasteiger partial charge in [0.25, 0.3) is 11.8 Å². The number of carbonyl (C=O) groups is 2. The van der Waals surface area contributed by atoms with Crippen LogP contribution in [0.25, 0.3) is 0 Å². The quantitative estimate of drug-likeness (QED) is 0.696. The molecule has 1 aromatic rings. The van der Waals surface area contributed by atoms with Crippen LogP contribution in [0.1, 0.15) is 18.2 Å². The van der Waals surface area contributed by atoms with Gasteiger partial charge in [0.1, 0.15) is 11.9 Å². The molecular formula is C20H20F4N5O2+. The van der Waals surface area contributed by atoms with E-state index in [-0.39, 0.29) is 36.6 Å². The number of amides is 2. The van der Waals surface area contributed by atoms with Crippen LogP contribution in [0.2, 0.25) is 0 Å². The summed E-state index contributed by atoms with van der Waals surface area (Å²) in [5.74, 6) is -1.47. The van der Waals surface area contributed by atoms with E-state index in [1.54, 1.807) is 18.4 Å². The molecule has 1 fully saturated rings. The zero-order chi connectivity index (χ0) is 22.2. The first-order valence-corrected chi connectivity index (χ1v) is 9.67. The summed E-state index contributed by atoms with van der Waals surface area (Å²) in [6.45, 7) is 0.184. The highest BCUT2D eigenvalue weighted by molar-refractivity contribution is 5.97. The fourth-order valence-corrected chi connectivity index (χ4v) is 3.75. The first kappa shape index (κ1) is 20.9. The van der Waals surface area contributed by atoms with Crippen molar-refractivity contribution in [1.82, 2.24) is 20.4 Å². The van der Waals surface area contributed by atoms with Crippen LogP contribution in [0.15, 0.2) is 60.2 Å². The zero-order valence-corrected chi connectivity index (χ0v) is 16.2. The first-order chi connectivity index (χ1) is 14.8. The number of aromatic nitrogens is 1. The van der Waals surface area contributed by atoms with Crippen molar-refractivity contribution in [2.45, 2.75) is 31.0 Å². The number of hydrogen-bond acceptors (Lipinski definition) is 4. The molecule has 3 aliphatic heterocycles. The van der Waals surface area contributed by atoms with Gasteiger partial charge in [0, 0.05) is 24.9 Å². The molecule has 31 heavy (non-hydrogen) atoms. The van der Waals surface area contributed by atoms with Crippen molar-refractivity contribution in [3.63, 3.8) is 0 Å². The van der Waals surface area contributed by atoms with Gasteiger partial charge in [-0.05, 0) is 18.6 Å². The Kier molecular flexibility index (Phi) is 5.42. The summed E-state index contributed by atoms with van der Waals surface area (Å²) < 4.78 is 54.4. The molecule has 1 saturated heterocycles. The average molecular weight is 438 g/mol. The molecule has 3 aliphatic rings. The molecule has 7 nitrogen and oxygen atoms in total. The van der Waals surface area contributed by atoms with E-state index in [9.17, 15) is 27.2 Å². The summed E-state index contributed by atoms with van der Waals surface area (Å²) >= 11 is 0. The number of alkyl halides is 4. The fraction of sp³-hybridized carbons (Fsp3) is 0.350. The van der Waals surface area contributed by atoms with Gasteiger partial charge in [-0.2, -0.15) is 13.2 Å². The normalized spacial score (nSPS) is 23.6. The Bertz CT molecular complexity index is 960. The predicted molar refractivity (Wildman–Crippen MR) is 100 cm³/mol. The molecule has 11 heteroatoms. The summed E-state index contributed by atoms with van der Waals surface area (Å²) in [4.78, 5) is 31.0. The number of likely N-dealkylation sites (tertiary alicyclic amines) is 1. The van der Waals surface area contributed by atoms with Crippen LogP contribution in [0.4, 0.5) is 17.6 Å². The molecule has 0 saturated carbocycles. The van der Waals surface area contributed by atoms with Gasteiger partial charge in [-0.3, -0.25) is 9.59 Å². The Hall–Kier alpha value is -3.37. The number of rotatable bonds is 4. The largest absolute Gasteiger partial charge is 0.418 e. The van der Waals surface area contributed by atoms with E-state index in [1.807, 2.05) is 5.32 Å². The maximum absolute atomic E-state index is 13.6. The number of H-pyrrole nitrogens is 1. The third kappa shape index (κ3) is 4.12. The number of nitrogens with zero attached hydrogens (tertiary/aromatic N) is 2. The summed E-state index contributed by atoms with van der Waals surface area (Å²) in [5, 5.41) is 4.73. The molecule has 2 unspecified atom stereocenters. The van der Waals surface area contributed by atoms with E-state index in [1.165, 1.54) is 40.3 Å². The smallest absolute Gasteiger partial charge is 0.351 e. The molecule has 0 aliphatic carbocycles. The number of nitrogens with one attached hydrogen (secondary N) is 3. The van der Waals surface area contributed by atoms with Crippen molar-refractivity contribution in [3.05, 3.63) is 65.9 Å². The maximum Gasteiger partial charge on any atom is 0.418 e. The van der Waals surface area contributed by atoms with Crippen LogP contribution in [-0.4, -0.2) is 53.2 Å². The highest BCUT2D eigenvalue weighted by Gasteiger charge is 2.47. The summed E-state index contributed by atoms with van der Waals surface area (Å²) in [7, 11) is 0. The Labute approximate surface area is 175 Å². The minimum Gasteiger partial charge on any atom is -0.351 e. The Balaban J connectivity index is 1.57. The van der Waals surface area contributed by atoms with Crippen LogP contribution in [-0.2, 0) is 9.59 Å². The van der Waals surface area contributed by atoms with Gasteiger partial charge in [-0.1, -0.05) is 12.1 Å². The molecule has 0 spiro atoms. The Morgan fingerprint density at radius 2 is 2.06 bits per heavy atom. The summed E-state index contributed by atoms with van der Waals surface area (Å²) in [5.41, 5.74) is -0.144. The molecule has 3 N–H and O–H groups in total. The molecule has 4 heterocycles. The third-order valence-corrected chi connectivity index (χ3v) is 5.26. The summed E-state index contributed by atoms with van der Waals surface area (Å²) in [6, 6.07) is 1.90. The molecule has 164 valence electrons. The molecule has 0 bridgehead atoms. The second-order valence-corrected chi connectivity index (χ2v) is 7.35. The number of pyridine rings is 1. The van der Waals surface area contributed by atoms with Gasteiger partial charge in [0.2, 0.25) is 11.7 Å². The topological polar surface area (TPSA) is 78.8 Å². The monoisotopic (exact) mass is 438 g/mol. The van der Waals surface area contributed by atoms with Gasteiger partial charge in [0.05, 0.1) is 12.2 Å². The van der Waals surface area contributed by atoms with Gasteiger partial charge in [-0.15, -0.1) is 0 Å². The Morgan fingerprint density at radius 3 is 2.71 bits per heavy atom. The minimum atomic E-state index is -4.75. The van der Waals surface area contributed by atoms with Crippen molar-refractivity contribution in [2.24, 2.45) is 0 Å². The minimum absolute atomic E-state index is 0.0543. The van der Waals surface area contributed by atoms with Crippen molar-refractivity contribution in [3.8, 4) is 0 Å². The zero-order valence-electron chi connectivity index (χ0n) is 16.2. The SMILES string of the molecule is O=C(NC(c1cccc[nH+]1)C(F)(F)F)C1=C2C=CC=CN2C(C(=O)N2CC[C@H](F)C2)N1. The lowest BCUT2D eigenvalue weighted by molar-refractivity contribution is -0.401. The van der Waals surface area contributed by atoms with Crippen molar-refractivity contribution < 1.29 is 32.1 Å². The molecule has 0 radical (unpaired) electrons. The number of fused-ring (bicyclic) bond motifs is 1. The highest BCUT2D eigenvalue weighted by atomic mass is 19.4. The van der Waals surface area contributed by atoms with Gasteiger partial charge in [-0.25, -0.2) is 9.37 Å². The van der Waals surface area contributed by atoms with E-state index in [0.717, 1.165) is 0 Å². The van der Waals surface area contributed by atoms with E-state index in [0.29, 0.717) is 0 Å². The molecular weight excluding hydrogens is 418 g/mol. The Morgan fingerprint density at radius 1 is 1.26 bits per heavy atom.